The molecular formula is C14H15N3O. The van der Waals surface area contributed by atoms with Gasteiger partial charge in [0.25, 0.3) is 5.91 Å². The molecule has 0 atom stereocenters. The van der Waals surface area contributed by atoms with Crippen LogP contribution in [0.25, 0.3) is 0 Å². The Hall–Kier alpha value is -2.36. The van der Waals surface area contributed by atoms with Gasteiger partial charge in [-0.1, -0.05) is 12.1 Å². The first kappa shape index (κ1) is 12.1. The van der Waals surface area contributed by atoms with Crippen LogP contribution in [0.3, 0.4) is 0 Å². The molecule has 1 amide bonds. The third-order valence-corrected chi connectivity index (χ3v) is 2.87. The van der Waals surface area contributed by atoms with Gasteiger partial charge in [-0.2, -0.15) is 0 Å². The molecule has 1 heterocycles. The number of carbonyl (C=O) groups excluding carboxylic acids is 1. The highest BCUT2D eigenvalue weighted by molar-refractivity contribution is 6.03. The standard InChI is InChI=1S/C14H15N3O/c1-9-4-3-5-12(10(9)2)17-14(18)13-7-6-11(15)8-16-13/h3-8H,15H2,1-2H3,(H,17,18). The van der Waals surface area contributed by atoms with Crippen LogP contribution in [0.4, 0.5) is 11.4 Å². The third kappa shape index (κ3) is 2.48. The van der Waals surface area contributed by atoms with Gasteiger partial charge in [0.2, 0.25) is 0 Å². The first-order chi connectivity index (χ1) is 8.58. The van der Waals surface area contributed by atoms with Gasteiger partial charge in [-0.25, -0.2) is 4.98 Å². The zero-order chi connectivity index (χ0) is 13.1. The quantitative estimate of drug-likeness (QED) is 0.849. The Bertz CT molecular complexity index is 576. The van der Waals surface area contributed by atoms with Crippen LogP contribution in [0, 0.1) is 13.8 Å². The number of nitrogen functional groups attached to an aromatic ring is 1. The van der Waals surface area contributed by atoms with Gasteiger partial charge in [0, 0.05) is 5.69 Å². The van der Waals surface area contributed by atoms with E-state index in [0.717, 1.165) is 16.8 Å². The summed E-state index contributed by atoms with van der Waals surface area (Å²) in [4.78, 5) is 16.0. The van der Waals surface area contributed by atoms with Gasteiger partial charge in [-0.15, -0.1) is 0 Å². The molecule has 0 saturated carbocycles. The molecule has 0 fully saturated rings. The summed E-state index contributed by atoms with van der Waals surface area (Å²) in [5, 5.41) is 2.84. The van der Waals surface area contributed by atoms with Gasteiger partial charge in [-0.05, 0) is 43.2 Å². The van der Waals surface area contributed by atoms with Gasteiger partial charge in [0.05, 0.1) is 11.9 Å². The Labute approximate surface area is 106 Å². The monoisotopic (exact) mass is 241 g/mol. The number of nitrogens with one attached hydrogen (secondary N) is 1. The molecule has 0 saturated heterocycles. The number of anilines is 2. The van der Waals surface area contributed by atoms with Gasteiger partial charge >= 0.3 is 0 Å². The second kappa shape index (κ2) is 4.87. The fourth-order valence-electron chi connectivity index (χ4n) is 1.61. The number of rotatable bonds is 2. The lowest BCUT2D eigenvalue weighted by Gasteiger charge is -2.09. The number of nitrogens with two attached hydrogens (primary N) is 1. The molecule has 0 spiro atoms. The van der Waals surface area contributed by atoms with E-state index in [0.29, 0.717) is 11.4 Å². The maximum atomic E-state index is 12.0. The van der Waals surface area contributed by atoms with Crippen LogP contribution in [-0.2, 0) is 0 Å². The van der Waals surface area contributed by atoms with Crippen LogP contribution in [0.15, 0.2) is 36.5 Å². The van der Waals surface area contributed by atoms with Crippen LogP contribution in [0.5, 0.6) is 0 Å². The maximum absolute atomic E-state index is 12.0. The fraction of sp³-hybridized carbons (Fsp3) is 0.143. The van der Waals surface area contributed by atoms with Crippen molar-refractivity contribution in [2.45, 2.75) is 13.8 Å². The number of hydrogen-bond donors (Lipinski definition) is 2. The first-order valence-corrected chi connectivity index (χ1v) is 5.67. The SMILES string of the molecule is Cc1cccc(NC(=O)c2ccc(N)cn2)c1C. The molecule has 1 aromatic carbocycles. The van der Waals surface area contributed by atoms with E-state index >= 15 is 0 Å². The Morgan fingerprint density at radius 3 is 2.67 bits per heavy atom. The van der Waals surface area contributed by atoms with Crippen molar-refractivity contribution in [2.75, 3.05) is 11.1 Å². The van der Waals surface area contributed by atoms with Crippen molar-refractivity contribution in [2.24, 2.45) is 0 Å². The van der Waals surface area contributed by atoms with Crippen molar-refractivity contribution in [1.82, 2.24) is 4.98 Å². The zero-order valence-electron chi connectivity index (χ0n) is 10.4. The molecule has 0 aliphatic heterocycles. The van der Waals surface area contributed by atoms with Crippen LogP contribution in [0.1, 0.15) is 21.6 Å². The predicted octanol–water partition coefficient (Wildman–Crippen LogP) is 2.53. The molecule has 3 N–H and O–H groups in total. The highest BCUT2D eigenvalue weighted by Gasteiger charge is 2.09. The molecule has 2 aromatic rings. The maximum Gasteiger partial charge on any atom is 0.274 e. The lowest BCUT2D eigenvalue weighted by molar-refractivity contribution is 0.102. The lowest BCUT2D eigenvalue weighted by Crippen LogP contribution is -2.14. The minimum absolute atomic E-state index is 0.233. The van der Waals surface area contributed by atoms with E-state index in [-0.39, 0.29) is 5.91 Å². The van der Waals surface area contributed by atoms with E-state index in [4.69, 9.17) is 5.73 Å². The van der Waals surface area contributed by atoms with Gasteiger partial charge in [0.15, 0.2) is 0 Å². The van der Waals surface area contributed by atoms with Gasteiger partial charge in [0.1, 0.15) is 5.69 Å². The van der Waals surface area contributed by atoms with Crippen LogP contribution < -0.4 is 11.1 Å². The van der Waals surface area contributed by atoms with Crippen molar-refractivity contribution >= 4 is 17.3 Å². The number of aromatic nitrogens is 1. The zero-order valence-corrected chi connectivity index (χ0v) is 10.4. The number of aryl methyl sites for hydroxylation is 1. The van der Waals surface area contributed by atoms with E-state index in [1.54, 1.807) is 12.1 Å². The van der Waals surface area contributed by atoms with E-state index < -0.39 is 0 Å². The topological polar surface area (TPSA) is 68.0 Å². The second-order valence-corrected chi connectivity index (χ2v) is 4.18. The summed E-state index contributed by atoms with van der Waals surface area (Å²) >= 11 is 0. The number of pyridine rings is 1. The number of carbonyl (C=O) groups is 1. The number of benzene rings is 1. The van der Waals surface area contributed by atoms with Crippen molar-refractivity contribution < 1.29 is 4.79 Å². The number of hydrogen-bond acceptors (Lipinski definition) is 3. The van der Waals surface area contributed by atoms with Crippen LogP contribution >= 0.6 is 0 Å². The fourth-order valence-corrected chi connectivity index (χ4v) is 1.61. The average Bonchev–Trinajstić information content (AvgIpc) is 2.36. The van der Waals surface area contributed by atoms with Crippen LogP contribution in [0.2, 0.25) is 0 Å². The normalized spacial score (nSPS) is 10.1. The van der Waals surface area contributed by atoms with Gasteiger partial charge < -0.3 is 11.1 Å². The van der Waals surface area contributed by atoms with E-state index in [2.05, 4.69) is 10.3 Å². The molecule has 2 rings (SSSR count). The average molecular weight is 241 g/mol. The van der Waals surface area contributed by atoms with E-state index in [1.165, 1.54) is 6.20 Å². The summed E-state index contributed by atoms with van der Waals surface area (Å²) in [6.07, 6.45) is 1.47. The summed E-state index contributed by atoms with van der Waals surface area (Å²) < 4.78 is 0. The molecule has 4 heteroatoms. The molecule has 4 nitrogen and oxygen atoms in total. The second-order valence-electron chi connectivity index (χ2n) is 4.18. The molecule has 0 bridgehead atoms. The molecule has 0 unspecified atom stereocenters. The van der Waals surface area contributed by atoms with Crippen LogP contribution in [-0.4, -0.2) is 10.9 Å². The highest BCUT2D eigenvalue weighted by Crippen LogP contribution is 2.18. The van der Waals surface area contributed by atoms with E-state index in [9.17, 15) is 4.79 Å². The Morgan fingerprint density at radius 2 is 2.00 bits per heavy atom. The predicted molar refractivity (Wildman–Crippen MR) is 72.5 cm³/mol. The summed E-state index contributed by atoms with van der Waals surface area (Å²) in [5.41, 5.74) is 9.42. The molecule has 1 aromatic heterocycles. The Morgan fingerprint density at radius 1 is 1.22 bits per heavy atom. The molecule has 18 heavy (non-hydrogen) atoms. The largest absolute Gasteiger partial charge is 0.397 e. The lowest BCUT2D eigenvalue weighted by atomic mass is 10.1. The first-order valence-electron chi connectivity index (χ1n) is 5.67. The summed E-state index contributed by atoms with van der Waals surface area (Å²) in [6, 6.07) is 9.05. The number of nitrogens with zero attached hydrogens (tertiary/aromatic N) is 1. The Kier molecular flexibility index (Phi) is 3.28. The van der Waals surface area contributed by atoms with Crippen molar-refractivity contribution in [1.29, 1.82) is 0 Å². The Balaban J connectivity index is 2.21. The minimum atomic E-state index is -0.233. The molecule has 0 aliphatic carbocycles. The summed E-state index contributed by atoms with van der Waals surface area (Å²) in [7, 11) is 0. The summed E-state index contributed by atoms with van der Waals surface area (Å²) in [6.45, 7) is 3.98. The molecule has 0 radical (unpaired) electrons. The third-order valence-electron chi connectivity index (χ3n) is 2.87. The van der Waals surface area contributed by atoms with Gasteiger partial charge in [-0.3, -0.25) is 4.79 Å². The van der Waals surface area contributed by atoms with E-state index in [1.807, 2.05) is 32.0 Å². The van der Waals surface area contributed by atoms with Crippen molar-refractivity contribution in [3.63, 3.8) is 0 Å². The smallest absolute Gasteiger partial charge is 0.274 e. The summed E-state index contributed by atoms with van der Waals surface area (Å²) in [5.74, 6) is -0.233. The van der Waals surface area contributed by atoms with Crippen molar-refractivity contribution in [3.05, 3.63) is 53.3 Å². The molecule has 92 valence electrons. The minimum Gasteiger partial charge on any atom is -0.397 e. The highest BCUT2D eigenvalue weighted by atomic mass is 16.1. The molecular weight excluding hydrogens is 226 g/mol. The molecule has 0 aliphatic rings. The number of amides is 1. The van der Waals surface area contributed by atoms with Crippen molar-refractivity contribution in [3.8, 4) is 0 Å².